The fraction of sp³-hybridized carbons (Fsp3) is 0.0769. The predicted octanol–water partition coefficient (Wildman–Crippen LogP) is 5.31. The van der Waals surface area contributed by atoms with E-state index in [1.807, 2.05) is 64.0 Å². The fourth-order valence-electron chi connectivity index (χ4n) is 3.77. The first kappa shape index (κ1) is 20.9. The van der Waals surface area contributed by atoms with Gasteiger partial charge in [0.05, 0.1) is 17.3 Å². The molecule has 7 heteroatoms. The van der Waals surface area contributed by atoms with Crippen LogP contribution in [0.1, 0.15) is 5.56 Å². The summed E-state index contributed by atoms with van der Waals surface area (Å²) in [6.07, 6.45) is 5.65. The zero-order valence-electron chi connectivity index (χ0n) is 17.8. The zero-order valence-corrected chi connectivity index (χ0v) is 18.6. The number of benzene rings is 2. The van der Waals surface area contributed by atoms with Crippen molar-refractivity contribution in [3.8, 4) is 11.6 Å². The first-order valence-electron chi connectivity index (χ1n) is 10.6. The van der Waals surface area contributed by atoms with E-state index in [4.69, 9.17) is 0 Å². The van der Waals surface area contributed by atoms with E-state index in [0.717, 1.165) is 27.0 Å². The second-order valence-electron chi connectivity index (χ2n) is 7.57. The number of nitrogens with one attached hydrogen (secondary N) is 1. The van der Waals surface area contributed by atoms with Crippen molar-refractivity contribution in [1.82, 2.24) is 14.1 Å². The summed E-state index contributed by atoms with van der Waals surface area (Å²) >= 11 is 1.40. The molecule has 0 fully saturated rings. The van der Waals surface area contributed by atoms with Gasteiger partial charge in [-0.25, -0.2) is 4.98 Å². The Morgan fingerprint density at radius 1 is 0.909 bits per heavy atom. The van der Waals surface area contributed by atoms with Gasteiger partial charge in [-0.05, 0) is 48.0 Å². The number of carbonyl (C=O) groups is 1. The van der Waals surface area contributed by atoms with E-state index in [9.17, 15) is 9.90 Å². The summed E-state index contributed by atoms with van der Waals surface area (Å²) in [5.74, 6) is 0.782. The normalized spacial score (nSPS) is 11.0. The maximum absolute atomic E-state index is 12.5. The van der Waals surface area contributed by atoms with Crippen LogP contribution in [0, 0.1) is 0 Å². The molecule has 5 rings (SSSR count). The molecule has 0 aliphatic rings. The average Bonchev–Trinajstić information content (AvgIpc) is 3.47. The topological polar surface area (TPSA) is 72.1 Å². The van der Waals surface area contributed by atoms with E-state index in [2.05, 4.69) is 34.6 Å². The van der Waals surface area contributed by atoms with Gasteiger partial charge >= 0.3 is 0 Å². The Kier molecular flexibility index (Phi) is 5.87. The van der Waals surface area contributed by atoms with Crippen molar-refractivity contribution < 1.29 is 9.90 Å². The molecular weight excluding hydrogens is 432 g/mol. The van der Waals surface area contributed by atoms with Crippen molar-refractivity contribution in [2.45, 2.75) is 11.6 Å². The number of aromatic nitrogens is 3. The second-order valence-corrected chi connectivity index (χ2v) is 8.53. The van der Waals surface area contributed by atoms with E-state index in [-0.39, 0.29) is 17.5 Å². The van der Waals surface area contributed by atoms with Crippen LogP contribution in [-0.2, 0) is 11.3 Å². The van der Waals surface area contributed by atoms with Crippen molar-refractivity contribution in [3.05, 3.63) is 103 Å². The van der Waals surface area contributed by atoms with Gasteiger partial charge in [-0.3, -0.25) is 4.79 Å². The number of thioether (sulfide) groups is 1. The molecule has 2 N–H and O–H groups in total. The summed E-state index contributed by atoms with van der Waals surface area (Å²) in [5, 5.41) is 16.3. The van der Waals surface area contributed by atoms with Crippen LogP contribution in [0.15, 0.2) is 102 Å². The predicted molar refractivity (Wildman–Crippen MR) is 132 cm³/mol. The highest BCUT2D eigenvalue weighted by Crippen LogP contribution is 2.38. The highest BCUT2D eigenvalue weighted by Gasteiger charge is 2.18. The molecule has 2 aromatic carbocycles. The highest BCUT2D eigenvalue weighted by molar-refractivity contribution is 8.00. The molecule has 0 bridgehead atoms. The van der Waals surface area contributed by atoms with Crippen LogP contribution >= 0.6 is 11.8 Å². The number of hydrogen-bond acceptors (Lipinski definition) is 4. The van der Waals surface area contributed by atoms with E-state index in [0.29, 0.717) is 12.4 Å². The number of carbonyl (C=O) groups excluding carboxylic acids is 1. The number of anilines is 1. The smallest absolute Gasteiger partial charge is 0.235 e. The molecule has 164 valence electrons. The average molecular weight is 455 g/mol. The Morgan fingerprint density at radius 3 is 2.36 bits per heavy atom. The summed E-state index contributed by atoms with van der Waals surface area (Å²) in [6.45, 7) is 0.497. The minimum Gasteiger partial charge on any atom is -0.494 e. The molecule has 0 aliphatic heterocycles. The molecule has 3 heterocycles. The van der Waals surface area contributed by atoms with Crippen molar-refractivity contribution in [1.29, 1.82) is 0 Å². The lowest BCUT2D eigenvalue weighted by molar-refractivity contribution is -0.113. The summed E-state index contributed by atoms with van der Waals surface area (Å²) in [7, 11) is 0. The van der Waals surface area contributed by atoms with E-state index in [1.54, 1.807) is 18.3 Å². The van der Waals surface area contributed by atoms with Gasteiger partial charge in [0.2, 0.25) is 5.91 Å². The van der Waals surface area contributed by atoms with Gasteiger partial charge in [-0.1, -0.05) is 48.2 Å². The van der Waals surface area contributed by atoms with Gasteiger partial charge in [0.25, 0.3) is 0 Å². The zero-order chi connectivity index (χ0) is 22.6. The van der Waals surface area contributed by atoms with Crippen LogP contribution in [0.5, 0.6) is 5.88 Å². The molecule has 3 aromatic heterocycles. The SMILES string of the molecule is O=C(CSc1c2ccccc2c(O)n1Cc1ccc(-n2cccc2)cc1)Nc1ccccn1. The summed E-state index contributed by atoms with van der Waals surface area (Å²) in [4.78, 5) is 16.6. The van der Waals surface area contributed by atoms with Crippen LogP contribution in [0.25, 0.3) is 16.5 Å². The summed E-state index contributed by atoms with van der Waals surface area (Å²) in [5.41, 5.74) is 2.13. The Morgan fingerprint density at radius 2 is 1.64 bits per heavy atom. The van der Waals surface area contributed by atoms with Crippen LogP contribution < -0.4 is 5.32 Å². The van der Waals surface area contributed by atoms with E-state index < -0.39 is 0 Å². The molecule has 0 radical (unpaired) electrons. The summed E-state index contributed by atoms with van der Waals surface area (Å²) in [6, 6.07) is 25.3. The number of fused-ring (bicyclic) bond motifs is 1. The van der Waals surface area contributed by atoms with E-state index in [1.165, 1.54) is 11.8 Å². The number of aromatic hydroxyl groups is 1. The molecule has 5 aromatic rings. The largest absolute Gasteiger partial charge is 0.494 e. The Balaban J connectivity index is 1.39. The fourth-order valence-corrected chi connectivity index (χ4v) is 4.75. The molecule has 0 aliphatic carbocycles. The lowest BCUT2D eigenvalue weighted by Crippen LogP contribution is -2.15. The Bertz CT molecular complexity index is 1380. The van der Waals surface area contributed by atoms with Crippen molar-refractivity contribution in [2.24, 2.45) is 0 Å². The molecule has 0 unspecified atom stereocenters. The summed E-state index contributed by atoms with van der Waals surface area (Å²) < 4.78 is 3.92. The van der Waals surface area contributed by atoms with Gasteiger partial charge in [-0.2, -0.15) is 0 Å². The quantitative estimate of drug-likeness (QED) is 0.327. The number of amides is 1. The molecule has 0 saturated carbocycles. The monoisotopic (exact) mass is 454 g/mol. The van der Waals surface area contributed by atoms with Crippen molar-refractivity contribution in [3.63, 3.8) is 0 Å². The third-order valence-corrected chi connectivity index (χ3v) is 6.47. The van der Waals surface area contributed by atoms with Crippen molar-refractivity contribution >= 4 is 34.3 Å². The standard InChI is InChI=1S/C26H22N4O2S/c31-24(28-23-9-3-4-14-27-23)18-33-26-22-8-2-1-7-21(22)25(32)30(26)17-19-10-12-20(13-11-19)29-15-5-6-16-29/h1-16,32H,17-18H2,(H,27,28,31). The minimum absolute atomic E-state index is 0.147. The number of pyridine rings is 1. The van der Waals surface area contributed by atoms with Gasteiger partial charge in [0, 0.05) is 35.1 Å². The van der Waals surface area contributed by atoms with Crippen molar-refractivity contribution in [2.75, 3.05) is 11.1 Å². The van der Waals surface area contributed by atoms with Gasteiger partial charge in [0.1, 0.15) is 5.82 Å². The number of rotatable bonds is 7. The molecule has 0 spiro atoms. The van der Waals surface area contributed by atoms with E-state index >= 15 is 0 Å². The lowest BCUT2D eigenvalue weighted by atomic mass is 10.2. The van der Waals surface area contributed by atoms with Crippen LogP contribution in [0.2, 0.25) is 0 Å². The van der Waals surface area contributed by atoms with Crippen LogP contribution in [0.3, 0.4) is 0 Å². The number of nitrogens with zero attached hydrogens (tertiary/aromatic N) is 3. The molecular formula is C26H22N4O2S. The number of hydrogen-bond donors (Lipinski definition) is 2. The third-order valence-electron chi connectivity index (χ3n) is 5.35. The van der Waals surface area contributed by atoms with Gasteiger partial charge in [0.15, 0.2) is 5.88 Å². The van der Waals surface area contributed by atoms with Crippen LogP contribution in [0.4, 0.5) is 5.82 Å². The maximum atomic E-state index is 12.5. The molecule has 1 amide bonds. The second kappa shape index (κ2) is 9.26. The highest BCUT2D eigenvalue weighted by atomic mass is 32.2. The Hall–Kier alpha value is -3.97. The Labute approximate surface area is 195 Å². The first-order chi connectivity index (χ1) is 16.2. The minimum atomic E-state index is -0.147. The molecule has 6 nitrogen and oxygen atoms in total. The van der Waals surface area contributed by atoms with Gasteiger partial charge in [-0.15, -0.1) is 0 Å². The molecule has 0 saturated heterocycles. The third kappa shape index (κ3) is 4.49. The van der Waals surface area contributed by atoms with Gasteiger partial charge < -0.3 is 19.6 Å². The maximum Gasteiger partial charge on any atom is 0.235 e. The first-order valence-corrected chi connectivity index (χ1v) is 11.5. The molecule has 33 heavy (non-hydrogen) atoms. The molecule has 0 atom stereocenters. The lowest BCUT2D eigenvalue weighted by Gasteiger charge is -2.12. The van der Waals surface area contributed by atoms with Crippen LogP contribution in [-0.4, -0.2) is 30.9 Å².